The van der Waals surface area contributed by atoms with Crippen LogP contribution in [0.15, 0.2) is 29.6 Å². The molecule has 1 aromatic heterocycles. The molecule has 1 heterocycles. The second kappa shape index (κ2) is 5.10. The van der Waals surface area contributed by atoms with Gasteiger partial charge >= 0.3 is 5.97 Å². The Morgan fingerprint density at radius 2 is 2.17 bits per heavy atom. The van der Waals surface area contributed by atoms with Crippen molar-refractivity contribution in [3.63, 3.8) is 0 Å². The molecule has 0 bridgehead atoms. The first kappa shape index (κ1) is 12.4. The largest absolute Gasteiger partial charge is 0.508 e. The Bertz CT molecular complexity index is 577. The number of benzene rings is 1. The third-order valence-electron chi connectivity index (χ3n) is 2.56. The number of phenols is 1. The molecule has 5 heteroatoms. The molecular weight excluding hydrogens is 250 g/mol. The lowest BCUT2D eigenvalue weighted by Gasteiger charge is -2.08. The lowest BCUT2D eigenvalue weighted by Crippen LogP contribution is -1.99. The minimum absolute atomic E-state index is 0.238. The van der Waals surface area contributed by atoms with Crippen molar-refractivity contribution in [2.75, 3.05) is 5.32 Å². The summed E-state index contributed by atoms with van der Waals surface area (Å²) in [5.74, 6) is -0.666. The first-order valence-electron chi connectivity index (χ1n) is 5.40. The maximum absolute atomic E-state index is 10.7. The quantitative estimate of drug-likeness (QED) is 0.741. The number of rotatable bonds is 4. The van der Waals surface area contributed by atoms with Crippen LogP contribution < -0.4 is 5.32 Å². The number of hydrogen-bond donors (Lipinski definition) is 3. The number of carboxylic acids is 1. The summed E-state index contributed by atoms with van der Waals surface area (Å²) in [4.78, 5) is 11.7. The second-order valence-corrected chi connectivity index (χ2v) is 4.96. The van der Waals surface area contributed by atoms with Crippen LogP contribution in [0.5, 0.6) is 5.75 Å². The normalized spacial score (nSPS) is 10.3. The van der Waals surface area contributed by atoms with Gasteiger partial charge in [0.2, 0.25) is 0 Å². The molecule has 0 aliphatic carbocycles. The monoisotopic (exact) mass is 263 g/mol. The lowest BCUT2D eigenvalue weighted by molar-refractivity contribution is 0.0697. The number of aryl methyl sites for hydroxylation is 1. The number of nitrogens with one attached hydrogen (secondary N) is 1. The molecule has 0 saturated heterocycles. The van der Waals surface area contributed by atoms with Crippen molar-refractivity contribution >= 4 is 23.0 Å². The first-order chi connectivity index (χ1) is 8.56. The third kappa shape index (κ3) is 2.81. The average Bonchev–Trinajstić information content (AvgIpc) is 2.76. The number of phenolic OH excluding ortho intramolecular Hbond substituents is 1. The van der Waals surface area contributed by atoms with Gasteiger partial charge in [0.05, 0.1) is 5.56 Å². The molecule has 0 aliphatic rings. The molecule has 0 atom stereocenters. The summed E-state index contributed by atoms with van der Waals surface area (Å²) < 4.78 is 0. The Morgan fingerprint density at radius 3 is 2.78 bits per heavy atom. The highest BCUT2D eigenvalue weighted by Crippen LogP contribution is 2.22. The summed E-state index contributed by atoms with van der Waals surface area (Å²) in [6.45, 7) is 2.47. The van der Waals surface area contributed by atoms with Gasteiger partial charge in [0.15, 0.2) is 0 Å². The Kier molecular flexibility index (Phi) is 3.53. The molecular formula is C13H13NO3S. The zero-order valence-electron chi connectivity index (χ0n) is 9.80. The predicted molar refractivity (Wildman–Crippen MR) is 71.4 cm³/mol. The van der Waals surface area contributed by atoms with E-state index in [4.69, 9.17) is 5.11 Å². The molecule has 4 nitrogen and oxygen atoms in total. The van der Waals surface area contributed by atoms with E-state index in [0.717, 1.165) is 16.1 Å². The van der Waals surface area contributed by atoms with Gasteiger partial charge in [0.1, 0.15) is 5.75 Å². The van der Waals surface area contributed by atoms with Gasteiger partial charge in [-0.05, 0) is 36.8 Å². The third-order valence-corrected chi connectivity index (χ3v) is 3.50. The van der Waals surface area contributed by atoms with E-state index in [2.05, 4.69) is 5.32 Å². The van der Waals surface area contributed by atoms with Gasteiger partial charge in [0, 0.05) is 22.5 Å². The van der Waals surface area contributed by atoms with Crippen LogP contribution in [-0.4, -0.2) is 16.2 Å². The first-order valence-corrected chi connectivity index (χ1v) is 6.28. The van der Waals surface area contributed by atoms with Crippen molar-refractivity contribution in [2.24, 2.45) is 0 Å². The Morgan fingerprint density at radius 1 is 1.39 bits per heavy atom. The van der Waals surface area contributed by atoms with Crippen molar-refractivity contribution < 1.29 is 15.0 Å². The summed E-state index contributed by atoms with van der Waals surface area (Å²) in [5.41, 5.74) is 2.20. The molecule has 0 aliphatic heterocycles. The molecule has 0 saturated carbocycles. The molecule has 0 amide bonds. The van der Waals surface area contributed by atoms with Gasteiger partial charge in [-0.1, -0.05) is 0 Å². The summed E-state index contributed by atoms with van der Waals surface area (Å²) >= 11 is 1.41. The van der Waals surface area contributed by atoms with Crippen molar-refractivity contribution in [2.45, 2.75) is 13.5 Å². The highest BCUT2D eigenvalue weighted by molar-refractivity contribution is 7.10. The number of anilines is 1. The van der Waals surface area contributed by atoms with Crippen molar-refractivity contribution in [1.82, 2.24) is 0 Å². The minimum Gasteiger partial charge on any atom is -0.508 e. The molecule has 3 N–H and O–H groups in total. The smallest absolute Gasteiger partial charge is 0.336 e. The van der Waals surface area contributed by atoms with Gasteiger partial charge in [-0.25, -0.2) is 4.79 Å². The van der Waals surface area contributed by atoms with E-state index in [-0.39, 0.29) is 5.75 Å². The van der Waals surface area contributed by atoms with Gasteiger partial charge < -0.3 is 15.5 Å². The molecule has 0 unspecified atom stereocenters. The summed E-state index contributed by atoms with van der Waals surface area (Å²) in [5, 5.41) is 23.0. The van der Waals surface area contributed by atoms with Gasteiger partial charge in [-0.2, -0.15) is 0 Å². The van der Waals surface area contributed by atoms with Crippen LogP contribution in [-0.2, 0) is 6.54 Å². The van der Waals surface area contributed by atoms with Crippen molar-refractivity contribution in [3.8, 4) is 5.75 Å². The highest BCUT2D eigenvalue weighted by Gasteiger charge is 2.06. The molecule has 0 radical (unpaired) electrons. The summed E-state index contributed by atoms with van der Waals surface area (Å²) in [6.07, 6.45) is 0. The van der Waals surface area contributed by atoms with Gasteiger partial charge in [-0.15, -0.1) is 11.3 Å². The van der Waals surface area contributed by atoms with E-state index in [1.165, 1.54) is 11.3 Å². The van der Waals surface area contributed by atoms with Crippen LogP contribution in [0.3, 0.4) is 0 Å². The molecule has 94 valence electrons. The van der Waals surface area contributed by atoms with Crippen LogP contribution in [0, 0.1) is 6.92 Å². The van der Waals surface area contributed by atoms with Crippen molar-refractivity contribution in [3.05, 3.63) is 45.6 Å². The predicted octanol–water partition coefficient (Wildman–Crippen LogP) is 3.07. The lowest BCUT2D eigenvalue weighted by atomic mass is 10.2. The maximum atomic E-state index is 10.7. The van der Waals surface area contributed by atoms with Gasteiger partial charge in [-0.3, -0.25) is 0 Å². The molecule has 18 heavy (non-hydrogen) atoms. The van der Waals surface area contributed by atoms with E-state index < -0.39 is 5.97 Å². The fourth-order valence-electron chi connectivity index (χ4n) is 1.61. The fourth-order valence-corrected chi connectivity index (χ4v) is 2.41. The molecule has 0 fully saturated rings. The standard InChI is InChI=1S/C13H13NO3S/c1-8-4-10(15)2-3-12(8)14-6-11-5-9(7-18-11)13(16)17/h2-5,7,14-15H,6H2,1H3,(H,16,17). The highest BCUT2D eigenvalue weighted by atomic mass is 32.1. The Hall–Kier alpha value is -2.01. The van der Waals surface area contributed by atoms with E-state index >= 15 is 0 Å². The van der Waals surface area contributed by atoms with Crippen LogP contribution in [0.2, 0.25) is 0 Å². The number of carbonyl (C=O) groups is 1. The SMILES string of the molecule is Cc1cc(O)ccc1NCc1cc(C(=O)O)cs1. The molecule has 2 aromatic rings. The summed E-state index contributed by atoms with van der Waals surface area (Å²) in [6, 6.07) is 6.76. The van der Waals surface area contributed by atoms with Gasteiger partial charge in [0.25, 0.3) is 0 Å². The fraction of sp³-hybridized carbons (Fsp3) is 0.154. The number of hydrogen-bond acceptors (Lipinski definition) is 4. The van der Waals surface area contributed by atoms with Crippen LogP contribution in [0.4, 0.5) is 5.69 Å². The topological polar surface area (TPSA) is 69.6 Å². The summed E-state index contributed by atoms with van der Waals surface area (Å²) in [7, 11) is 0. The molecule has 2 rings (SSSR count). The number of aromatic hydroxyl groups is 1. The van der Waals surface area contributed by atoms with E-state index in [0.29, 0.717) is 12.1 Å². The zero-order valence-corrected chi connectivity index (χ0v) is 10.6. The number of thiophene rings is 1. The zero-order chi connectivity index (χ0) is 13.1. The Balaban J connectivity index is 2.04. The van der Waals surface area contributed by atoms with E-state index in [1.807, 2.05) is 6.92 Å². The van der Waals surface area contributed by atoms with Crippen molar-refractivity contribution in [1.29, 1.82) is 0 Å². The van der Waals surface area contributed by atoms with Crippen LogP contribution >= 0.6 is 11.3 Å². The van der Waals surface area contributed by atoms with Crippen LogP contribution in [0.25, 0.3) is 0 Å². The second-order valence-electron chi connectivity index (χ2n) is 3.96. The average molecular weight is 263 g/mol. The maximum Gasteiger partial charge on any atom is 0.336 e. The van der Waals surface area contributed by atoms with E-state index in [9.17, 15) is 9.90 Å². The number of carboxylic acid groups (broad SMARTS) is 1. The minimum atomic E-state index is -0.904. The molecule has 0 spiro atoms. The van der Waals surface area contributed by atoms with Crippen LogP contribution in [0.1, 0.15) is 20.8 Å². The van der Waals surface area contributed by atoms with E-state index in [1.54, 1.807) is 29.6 Å². The molecule has 1 aromatic carbocycles. The Labute approximate surface area is 109 Å². The number of aromatic carboxylic acids is 1.